The van der Waals surface area contributed by atoms with Crippen LogP contribution in [0.15, 0.2) is 48.5 Å². The summed E-state index contributed by atoms with van der Waals surface area (Å²) in [5, 5.41) is 14.8. The van der Waals surface area contributed by atoms with E-state index in [4.69, 9.17) is 4.74 Å². The standard InChI is InChI=1S/C27H34N2O5/c1-26(2,3)21(23(30)28-22(24(31)32)27(4,5)6)29-25(33)34-15-20-18-13-9-7-11-16(18)17-12-8-10-14-19(17)20/h7-14,20-22H,15H2,1-6H3,(H,28,30)(H,29,33)(H,31,32). The second-order valence-corrected chi connectivity index (χ2v) is 10.9. The molecule has 182 valence electrons. The summed E-state index contributed by atoms with van der Waals surface area (Å²) in [6, 6.07) is 14.0. The van der Waals surface area contributed by atoms with Gasteiger partial charge < -0.3 is 20.5 Å². The summed E-state index contributed by atoms with van der Waals surface area (Å²) in [6.45, 7) is 10.7. The van der Waals surface area contributed by atoms with Crippen molar-refractivity contribution in [2.24, 2.45) is 10.8 Å². The Labute approximate surface area is 200 Å². The maximum atomic E-state index is 13.0. The zero-order chi connectivity index (χ0) is 25.3. The summed E-state index contributed by atoms with van der Waals surface area (Å²) in [5.74, 6) is -1.80. The Hall–Kier alpha value is -3.35. The van der Waals surface area contributed by atoms with Crippen LogP contribution in [0, 0.1) is 10.8 Å². The third kappa shape index (κ3) is 5.41. The lowest BCUT2D eigenvalue weighted by Gasteiger charge is -2.34. The molecule has 2 aromatic carbocycles. The van der Waals surface area contributed by atoms with Crippen LogP contribution in [-0.2, 0) is 14.3 Å². The van der Waals surface area contributed by atoms with Crippen LogP contribution in [0.5, 0.6) is 0 Å². The maximum Gasteiger partial charge on any atom is 0.407 e. The number of rotatable bonds is 6. The smallest absolute Gasteiger partial charge is 0.407 e. The number of carboxylic acids is 1. The largest absolute Gasteiger partial charge is 0.480 e. The van der Waals surface area contributed by atoms with E-state index >= 15 is 0 Å². The van der Waals surface area contributed by atoms with E-state index < -0.39 is 40.9 Å². The Bertz CT molecular complexity index is 1040. The SMILES string of the molecule is CC(C)(C)C(NC(=O)C(NC(=O)OCC1c2ccccc2-c2ccccc21)C(C)(C)C)C(=O)O. The van der Waals surface area contributed by atoms with Gasteiger partial charge in [0.15, 0.2) is 0 Å². The molecule has 0 saturated carbocycles. The van der Waals surface area contributed by atoms with Crippen molar-refractivity contribution in [2.45, 2.75) is 59.5 Å². The maximum absolute atomic E-state index is 13.0. The summed E-state index contributed by atoms with van der Waals surface area (Å²) in [6.07, 6.45) is -0.723. The molecule has 0 aromatic heterocycles. The number of carbonyl (C=O) groups is 3. The molecule has 0 radical (unpaired) electrons. The van der Waals surface area contributed by atoms with E-state index in [0.717, 1.165) is 22.3 Å². The van der Waals surface area contributed by atoms with Gasteiger partial charge in [-0.15, -0.1) is 0 Å². The molecule has 0 saturated heterocycles. The summed E-state index contributed by atoms with van der Waals surface area (Å²) in [5.41, 5.74) is 3.07. The van der Waals surface area contributed by atoms with Gasteiger partial charge in [-0.05, 0) is 33.1 Å². The number of carboxylic acid groups (broad SMARTS) is 1. The summed E-state index contributed by atoms with van der Waals surface area (Å²) in [7, 11) is 0. The average molecular weight is 467 g/mol. The topological polar surface area (TPSA) is 105 Å². The second-order valence-electron chi connectivity index (χ2n) is 10.9. The third-order valence-corrected chi connectivity index (χ3v) is 6.13. The Morgan fingerprint density at radius 2 is 1.29 bits per heavy atom. The minimum Gasteiger partial charge on any atom is -0.480 e. The van der Waals surface area contributed by atoms with Crippen molar-refractivity contribution in [1.29, 1.82) is 0 Å². The summed E-state index contributed by atoms with van der Waals surface area (Å²) < 4.78 is 5.59. The van der Waals surface area contributed by atoms with Crippen molar-refractivity contribution in [2.75, 3.05) is 6.61 Å². The lowest BCUT2D eigenvalue weighted by molar-refractivity contribution is -0.145. The van der Waals surface area contributed by atoms with Gasteiger partial charge in [-0.1, -0.05) is 90.1 Å². The third-order valence-electron chi connectivity index (χ3n) is 6.13. The number of nitrogens with one attached hydrogen (secondary N) is 2. The molecule has 2 unspecified atom stereocenters. The monoisotopic (exact) mass is 466 g/mol. The molecule has 2 atom stereocenters. The highest BCUT2D eigenvalue weighted by Crippen LogP contribution is 2.44. The van der Waals surface area contributed by atoms with Crippen LogP contribution in [0.25, 0.3) is 11.1 Å². The Balaban J connectivity index is 1.72. The van der Waals surface area contributed by atoms with Gasteiger partial charge >= 0.3 is 12.1 Å². The van der Waals surface area contributed by atoms with Crippen molar-refractivity contribution < 1.29 is 24.2 Å². The minimum atomic E-state index is -1.13. The highest BCUT2D eigenvalue weighted by atomic mass is 16.5. The molecule has 7 nitrogen and oxygen atoms in total. The molecule has 1 aliphatic rings. The summed E-state index contributed by atoms with van der Waals surface area (Å²) >= 11 is 0. The van der Waals surface area contributed by atoms with Gasteiger partial charge in [0.1, 0.15) is 18.7 Å². The fourth-order valence-electron chi connectivity index (χ4n) is 4.31. The van der Waals surface area contributed by atoms with E-state index in [2.05, 4.69) is 22.8 Å². The number of fused-ring (bicyclic) bond motifs is 3. The van der Waals surface area contributed by atoms with Gasteiger partial charge in [0.2, 0.25) is 5.91 Å². The normalized spacial score (nSPS) is 15.0. The van der Waals surface area contributed by atoms with Gasteiger partial charge in [-0.25, -0.2) is 9.59 Å². The van der Waals surface area contributed by atoms with Gasteiger partial charge in [0.05, 0.1) is 0 Å². The molecular weight excluding hydrogens is 432 g/mol. The number of amides is 2. The zero-order valence-electron chi connectivity index (χ0n) is 20.6. The van der Waals surface area contributed by atoms with Crippen molar-refractivity contribution in [1.82, 2.24) is 10.6 Å². The first kappa shape index (κ1) is 25.3. The number of hydrogen-bond acceptors (Lipinski definition) is 4. The molecule has 0 spiro atoms. The van der Waals surface area contributed by atoms with Crippen LogP contribution in [0.3, 0.4) is 0 Å². The van der Waals surface area contributed by atoms with E-state index in [-0.39, 0.29) is 12.5 Å². The van der Waals surface area contributed by atoms with Crippen molar-refractivity contribution in [3.8, 4) is 11.1 Å². The number of benzene rings is 2. The van der Waals surface area contributed by atoms with Crippen LogP contribution < -0.4 is 10.6 Å². The first-order valence-corrected chi connectivity index (χ1v) is 11.5. The molecule has 0 aliphatic heterocycles. The lowest BCUT2D eigenvalue weighted by atomic mass is 9.83. The van der Waals surface area contributed by atoms with Crippen molar-refractivity contribution in [3.05, 3.63) is 59.7 Å². The van der Waals surface area contributed by atoms with E-state index in [1.807, 2.05) is 36.4 Å². The van der Waals surface area contributed by atoms with Crippen LogP contribution in [0.2, 0.25) is 0 Å². The molecule has 0 bridgehead atoms. The fraction of sp³-hybridized carbons (Fsp3) is 0.444. The average Bonchev–Trinajstić information content (AvgIpc) is 3.06. The molecule has 1 aliphatic carbocycles. The molecule has 3 N–H and O–H groups in total. The highest BCUT2D eigenvalue weighted by molar-refractivity contribution is 5.90. The van der Waals surface area contributed by atoms with Crippen LogP contribution in [0.4, 0.5) is 4.79 Å². The number of hydrogen-bond donors (Lipinski definition) is 3. The zero-order valence-corrected chi connectivity index (χ0v) is 20.6. The Morgan fingerprint density at radius 3 is 1.74 bits per heavy atom. The Kier molecular flexibility index (Phi) is 7.05. The van der Waals surface area contributed by atoms with E-state index in [1.165, 1.54) is 0 Å². The van der Waals surface area contributed by atoms with Gasteiger partial charge in [-0.3, -0.25) is 4.79 Å². The van der Waals surface area contributed by atoms with Crippen LogP contribution in [0.1, 0.15) is 58.6 Å². The molecule has 2 aromatic rings. The quantitative estimate of drug-likeness (QED) is 0.579. The first-order valence-electron chi connectivity index (χ1n) is 11.5. The highest BCUT2D eigenvalue weighted by Gasteiger charge is 2.39. The van der Waals surface area contributed by atoms with Crippen LogP contribution in [-0.4, -0.2) is 41.8 Å². The van der Waals surface area contributed by atoms with E-state index in [1.54, 1.807) is 41.5 Å². The van der Waals surface area contributed by atoms with Gasteiger partial charge in [-0.2, -0.15) is 0 Å². The number of alkyl carbamates (subject to hydrolysis) is 1. The molecular formula is C27H34N2O5. The number of aliphatic carboxylic acids is 1. The molecule has 34 heavy (non-hydrogen) atoms. The molecule has 0 heterocycles. The van der Waals surface area contributed by atoms with Crippen molar-refractivity contribution >= 4 is 18.0 Å². The fourth-order valence-corrected chi connectivity index (χ4v) is 4.31. The minimum absolute atomic E-state index is 0.0997. The van der Waals surface area contributed by atoms with Gasteiger partial charge in [0.25, 0.3) is 0 Å². The molecule has 7 heteroatoms. The van der Waals surface area contributed by atoms with Crippen LogP contribution >= 0.6 is 0 Å². The second kappa shape index (κ2) is 9.49. The number of carbonyl (C=O) groups excluding carboxylic acids is 2. The molecule has 3 rings (SSSR count). The van der Waals surface area contributed by atoms with E-state index in [9.17, 15) is 19.5 Å². The number of ether oxygens (including phenoxy) is 1. The van der Waals surface area contributed by atoms with Crippen molar-refractivity contribution in [3.63, 3.8) is 0 Å². The molecule has 0 fully saturated rings. The predicted octanol–water partition coefficient (Wildman–Crippen LogP) is 4.56. The Morgan fingerprint density at radius 1 is 0.824 bits per heavy atom. The van der Waals surface area contributed by atoms with E-state index in [0.29, 0.717) is 0 Å². The van der Waals surface area contributed by atoms with Gasteiger partial charge in [0, 0.05) is 5.92 Å². The lowest BCUT2D eigenvalue weighted by Crippen LogP contribution is -2.59. The predicted molar refractivity (Wildman–Crippen MR) is 130 cm³/mol. The molecule has 2 amide bonds. The first-order chi connectivity index (χ1) is 15.8. The summed E-state index contributed by atoms with van der Waals surface area (Å²) in [4.78, 5) is 37.5.